The number of piperidine rings is 1. The van der Waals surface area contributed by atoms with Crippen LogP contribution in [0.2, 0.25) is 10.0 Å². The Morgan fingerprint density at radius 3 is 2.20 bits per heavy atom. The van der Waals surface area contributed by atoms with Crippen molar-refractivity contribution >= 4 is 23.2 Å². The Labute approximate surface area is 132 Å². The standard InChI is InChI=1S/C16H24Cl2N2/c1-3-16(2)4-6-20(7-5-16)15(11-19)12-8-13(17)10-14(18)9-12/h8-10,15H,3-7,11,19H2,1-2H3. The molecule has 1 aliphatic rings. The fourth-order valence-corrected chi connectivity index (χ4v) is 3.54. The van der Waals surface area contributed by atoms with Gasteiger partial charge < -0.3 is 5.73 Å². The maximum absolute atomic E-state index is 6.11. The summed E-state index contributed by atoms with van der Waals surface area (Å²) in [6.07, 6.45) is 3.71. The van der Waals surface area contributed by atoms with Crippen LogP contribution in [0.5, 0.6) is 0 Å². The Bertz CT molecular complexity index is 434. The Kier molecular flexibility index (Phi) is 5.36. The van der Waals surface area contributed by atoms with Gasteiger partial charge in [-0.05, 0) is 55.1 Å². The molecule has 2 nitrogen and oxygen atoms in total. The molecule has 1 aromatic rings. The van der Waals surface area contributed by atoms with Gasteiger partial charge in [0.25, 0.3) is 0 Å². The number of likely N-dealkylation sites (tertiary alicyclic amines) is 1. The van der Waals surface area contributed by atoms with Crippen molar-refractivity contribution in [2.75, 3.05) is 19.6 Å². The summed E-state index contributed by atoms with van der Waals surface area (Å²) in [7, 11) is 0. The third-order valence-corrected chi connectivity index (χ3v) is 5.23. The second kappa shape index (κ2) is 6.65. The van der Waals surface area contributed by atoms with Gasteiger partial charge in [0.1, 0.15) is 0 Å². The fraction of sp³-hybridized carbons (Fsp3) is 0.625. The first-order valence-corrected chi connectivity index (χ1v) is 8.13. The molecule has 1 aliphatic heterocycles. The van der Waals surface area contributed by atoms with E-state index in [0.717, 1.165) is 18.7 Å². The van der Waals surface area contributed by atoms with Gasteiger partial charge in [0.05, 0.1) is 0 Å². The van der Waals surface area contributed by atoms with Gasteiger partial charge in [0.2, 0.25) is 0 Å². The van der Waals surface area contributed by atoms with Crippen molar-refractivity contribution in [3.63, 3.8) is 0 Å². The highest BCUT2D eigenvalue weighted by molar-refractivity contribution is 6.34. The van der Waals surface area contributed by atoms with E-state index in [2.05, 4.69) is 18.7 Å². The molecule has 1 heterocycles. The first-order chi connectivity index (χ1) is 9.47. The van der Waals surface area contributed by atoms with Crippen molar-refractivity contribution < 1.29 is 0 Å². The smallest absolute Gasteiger partial charge is 0.0471 e. The van der Waals surface area contributed by atoms with E-state index in [-0.39, 0.29) is 6.04 Å². The molecule has 0 aromatic heterocycles. The quantitative estimate of drug-likeness (QED) is 0.886. The molecule has 1 fully saturated rings. The molecule has 2 rings (SSSR count). The van der Waals surface area contributed by atoms with E-state index in [0.29, 0.717) is 22.0 Å². The first kappa shape index (κ1) is 16.1. The topological polar surface area (TPSA) is 29.3 Å². The molecule has 112 valence electrons. The van der Waals surface area contributed by atoms with Gasteiger partial charge in [0.15, 0.2) is 0 Å². The predicted octanol–water partition coefficient (Wildman–Crippen LogP) is 4.51. The average molecular weight is 315 g/mol. The molecular formula is C16H24Cl2N2. The van der Waals surface area contributed by atoms with Crippen molar-refractivity contribution in [2.24, 2.45) is 11.1 Å². The molecule has 2 N–H and O–H groups in total. The molecule has 0 aliphatic carbocycles. The highest BCUT2D eigenvalue weighted by Gasteiger charge is 2.31. The van der Waals surface area contributed by atoms with Crippen molar-refractivity contribution in [1.82, 2.24) is 4.90 Å². The highest BCUT2D eigenvalue weighted by atomic mass is 35.5. The third kappa shape index (κ3) is 3.67. The van der Waals surface area contributed by atoms with Crippen LogP contribution in [0.1, 0.15) is 44.7 Å². The van der Waals surface area contributed by atoms with Crippen LogP contribution in [0.15, 0.2) is 18.2 Å². The van der Waals surface area contributed by atoms with Crippen LogP contribution < -0.4 is 5.73 Å². The second-order valence-electron chi connectivity index (χ2n) is 6.15. The Balaban J connectivity index is 2.13. The summed E-state index contributed by atoms with van der Waals surface area (Å²) in [6, 6.07) is 5.95. The van der Waals surface area contributed by atoms with E-state index in [1.54, 1.807) is 6.07 Å². The Hall–Kier alpha value is -0.280. The van der Waals surface area contributed by atoms with Gasteiger partial charge in [-0.15, -0.1) is 0 Å². The normalized spacial score (nSPS) is 20.9. The van der Waals surface area contributed by atoms with Crippen molar-refractivity contribution in [1.29, 1.82) is 0 Å². The maximum atomic E-state index is 6.11. The lowest BCUT2D eigenvalue weighted by atomic mass is 9.78. The number of benzene rings is 1. The van der Waals surface area contributed by atoms with Gasteiger partial charge in [-0.2, -0.15) is 0 Å². The highest BCUT2D eigenvalue weighted by Crippen LogP contribution is 2.37. The molecule has 0 saturated carbocycles. The van der Waals surface area contributed by atoms with Crippen molar-refractivity contribution in [3.8, 4) is 0 Å². The van der Waals surface area contributed by atoms with E-state index in [1.807, 2.05) is 12.1 Å². The first-order valence-electron chi connectivity index (χ1n) is 7.37. The van der Waals surface area contributed by atoms with Crippen LogP contribution in [0, 0.1) is 5.41 Å². The number of hydrogen-bond donors (Lipinski definition) is 1. The van der Waals surface area contributed by atoms with Crippen LogP contribution in [0.4, 0.5) is 0 Å². The SMILES string of the molecule is CCC1(C)CCN(C(CN)c2cc(Cl)cc(Cl)c2)CC1. The summed E-state index contributed by atoms with van der Waals surface area (Å²) in [5, 5.41) is 1.36. The number of rotatable bonds is 4. The molecule has 0 spiro atoms. The summed E-state index contributed by atoms with van der Waals surface area (Å²) >= 11 is 12.2. The minimum absolute atomic E-state index is 0.215. The van der Waals surface area contributed by atoms with E-state index in [4.69, 9.17) is 28.9 Å². The van der Waals surface area contributed by atoms with Crippen LogP contribution in [0.3, 0.4) is 0 Å². The molecule has 0 bridgehead atoms. The zero-order chi connectivity index (χ0) is 14.8. The van der Waals surface area contributed by atoms with E-state index < -0.39 is 0 Å². The Morgan fingerprint density at radius 2 is 1.75 bits per heavy atom. The van der Waals surface area contributed by atoms with Crippen molar-refractivity contribution in [2.45, 2.75) is 39.2 Å². The molecule has 0 amide bonds. The number of hydrogen-bond acceptors (Lipinski definition) is 2. The lowest BCUT2D eigenvalue weighted by Crippen LogP contribution is -2.42. The molecule has 1 unspecified atom stereocenters. The third-order valence-electron chi connectivity index (χ3n) is 4.79. The minimum atomic E-state index is 0.215. The van der Waals surface area contributed by atoms with Gasteiger partial charge in [0, 0.05) is 22.6 Å². The predicted molar refractivity (Wildman–Crippen MR) is 87.5 cm³/mol. The maximum Gasteiger partial charge on any atom is 0.0471 e. The molecular weight excluding hydrogens is 291 g/mol. The zero-order valence-electron chi connectivity index (χ0n) is 12.3. The van der Waals surface area contributed by atoms with E-state index in [9.17, 15) is 0 Å². The number of halogens is 2. The molecule has 20 heavy (non-hydrogen) atoms. The molecule has 1 atom stereocenters. The minimum Gasteiger partial charge on any atom is -0.329 e. The summed E-state index contributed by atoms with van der Waals surface area (Å²) < 4.78 is 0. The van der Waals surface area contributed by atoms with Crippen LogP contribution in [0.25, 0.3) is 0 Å². The summed E-state index contributed by atoms with van der Waals surface area (Å²) in [5.41, 5.74) is 7.63. The number of nitrogens with zero attached hydrogens (tertiary/aromatic N) is 1. The Morgan fingerprint density at radius 1 is 1.20 bits per heavy atom. The van der Waals surface area contributed by atoms with Crippen LogP contribution in [-0.2, 0) is 0 Å². The van der Waals surface area contributed by atoms with Gasteiger partial charge in [-0.1, -0.05) is 43.5 Å². The molecule has 0 radical (unpaired) electrons. The number of nitrogens with two attached hydrogens (primary N) is 1. The van der Waals surface area contributed by atoms with Crippen LogP contribution >= 0.6 is 23.2 Å². The molecule has 1 aromatic carbocycles. The molecule has 1 saturated heterocycles. The van der Waals surface area contributed by atoms with Gasteiger partial charge >= 0.3 is 0 Å². The average Bonchev–Trinajstić information content (AvgIpc) is 2.41. The largest absolute Gasteiger partial charge is 0.329 e. The van der Waals surface area contributed by atoms with Gasteiger partial charge in [-0.25, -0.2) is 0 Å². The zero-order valence-corrected chi connectivity index (χ0v) is 13.8. The summed E-state index contributed by atoms with van der Waals surface area (Å²) in [5.74, 6) is 0. The lowest BCUT2D eigenvalue weighted by molar-refractivity contribution is 0.0829. The van der Waals surface area contributed by atoms with Crippen molar-refractivity contribution in [3.05, 3.63) is 33.8 Å². The molecule has 4 heteroatoms. The summed E-state index contributed by atoms with van der Waals surface area (Å²) in [4.78, 5) is 2.47. The van der Waals surface area contributed by atoms with E-state index >= 15 is 0 Å². The van der Waals surface area contributed by atoms with Crippen LogP contribution in [-0.4, -0.2) is 24.5 Å². The monoisotopic (exact) mass is 314 g/mol. The second-order valence-corrected chi connectivity index (χ2v) is 7.03. The summed E-state index contributed by atoms with van der Waals surface area (Å²) in [6.45, 7) is 7.46. The lowest BCUT2D eigenvalue weighted by Gasteiger charge is -2.42. The van der Waals surface area contributed by atoms with Gasteiger partial charge in [-0.3, -0.25) is 4.90 Å². The van der Waals surface area contributed by atoms with E-state index in [1.165, 1.54) is 19.3 Å². The fourth-order valence-electron chi connectivity index (χ4n) is 2.99.